The van der Waals surface area contributed by atoms with Crippen molar-refractivity contribution in [3.8, 4) is 0 Å². The lowest BCUT2D eigenvalue weighted by Gasteiger charge is -2.25. The van der Waals surface area contributed by atoms with Crippen LogP contribution in [0.4, 0.5) is 0 Å². The number of likely N-dealkylation sites (tertiary alicyclic amines) is 1. The van der Waals surface area contributed by atoms with E-state index in [1.54, 1.807) is 13.2 Å². The first-order chi connectivity index (χ1) is 8.08. The van der Waals surface area contributed by atoms with Gasteiger partial charge >= 0.3 is 0 Å². The van der Waals surface area contributed by atoms with E-state index in [1.165, 1.54) is 6.42 Å². The number of aliphatic hydroxyl groups excluding tert-OH is 1. The monoisotopic (exact) mass is 238 g/mol. The lowest BCUT2D eigenvalue weighted by molar-refractivity contribution is 0.179. The fraction of sp³-hybridized carbons (Fsp3) is 0.769. The van der Waals surface area contributed by atoms with Gasteiger partial charge in [0.05, 0.1) is 17.8 Å². The van der Waals surface area contributed by atoms with Gasteiger partial charge in [0.1, 0.15) is 6.26 Å². The number of rotatable bonds is 4. The van der Waals surface area contributed by atoms with Crippen LogP contribution in [-0.2, 0) is 6.42 Å². The molecule has 2 atom stereocenters. The average molecular weight is 238 g/mol. The zero-order valence-electron chi connectivity index (χ0n) is 10.9. The minimum absolute atomic E-state index is 0.317. The van der Waals surface area contributed by atoms with Crippen molar-refractivity contribution in [3.63, 3.8) is 0 Å². The summed E-state index contributed by atoms with van der Waals surface area (Å²) in [5.74, 6) is 0.812. The number of hydrogen-bond acceptors (Lipinski definition) is 4. The Morgan fingerprint density at radius 1 is 1.53 bits per heavy atom. The Morgan fingerprint density at radius 2 is 2.29 bits per heavy atom. The molecule has 1 aliphatic heterocycles. The van der Waals surface area contributed by atoms with E-state index < -0.39 is 0 Å². The van der Waals surface area contributed by atoms with Crippen molar-refractivity contribution in [2.45, 2.75) is 58.2 Å². The lowest BCUT2D eigenvalue weighted by atomic mass is 10.2. The van der Waals surface area contributed by atoms with E-state index in [0.29, 0.717) is 18.5 Å². The summed E-state index contributed by atoms with van der Waals surface area (Å²) < 4.78 is 5.57. The molecule has 0 amide bonds. The summed E-state index contributed by atoms with van der Waals surface area (Å²) >= 11 is 0. The summed E-state index contributed by atoms with van der Waals surface area (Å²) in [7, 11) is 0. The highest BCUT2D eigenvalue weighted by Gasteiger charge is 2.31. The summed E-state index contributed by atoms with van der Waals surface area (Å²) in [5.41, 5.74) is 0.852. The zero-order chi connectivity index (χ0) is 12.4. The maximum absolute atomic E-state index is 9.33. The molecule has 0 aliphatic carbocycles. The van der Waals surface area contributed by atoms with Gasteiger partial charge in [0.2, 0.25) is 5.89 Å². The van der Waals surface area contributed by atoms with Crippen molar-refractivity contribution >= 4 is 0 Å². The van der Waals surface area contributed by atoms with Crippen LogP contribution in [0, 0.1) is 0 Å². The summed E-state index contributed by atoms with van der Waals surface area (Å²) in [5, 5.41) is 9.33. The van der Waals surface area contributed by atoms with Crippen molar-refractivity contribution in [2.24, 2.45) is 0 Å². The van der Waals surface area contributed by atoms with Crippen molar-refractivity contribution in [1.29, 1.82) is 0 Å². The number of nitrogens with zero attached hydrogens (tertiary/aromatic N) is 2. The first-order valence-electron chi connectivity index (χ1n) is 6.46. The van der Waals surface area contributed by atoms with Crippen LogP contribution in [0.15, 0.2) is 10.7 Å². The van der Waals surface area contributed by atoms with Crippen LogP contribution in [0.1, 0.15) is 51.2 Å². The summed E-state index contributed by atoms with van der Waals surface area (Å²) in [6.07, 6.45) is 4.21. The third kappa shape index (κ3) is 2.87. The van der Waals surface area contributed by atoms with Gasteiger partial charge in [0.25, 0.3) is 0 Å². The first-order valence-corrected chi connectivity index (χ1v) is 6.46. The predicted molar refractivity (Wildman–Crippen MR) is 65.7 cm³/mol. The SMILES string of the molecule is CC(O)Cc1coc(C2CCCN2C(C)C)n1. The Kier molecular flexibility index (Phi) is 3.84. The van der Waals surface area contributed by atoms with E-state index in [9.17, 15) is 5.11 Å². The molecule has 0 aromatic carbocycles. The van der Waals surface area contributed by atoms with E-state index in [2.05, 4.69) is 23.7 Å². The standard InChI is InChI=1S/C13H22N2O2/c1-9(2)15-6-4-5-12(15)13-14-11(8-17-13)7-10(3)16/h8-10,12,16H,4-7H2,1-3H3. The van der Waals surface area contributed by atoms with Gasteiger partial charge in [-0.05, 0) is 40.2 Å². The van der Waals surface area contributed by atoms with Crippen molar-refractivity contribution < 1.29 is 9.52 Å². The topological polar surface area (TPSA) is 49.5 Å². The zero-order valence-corrected chi connectivity index (χ0v) is 10.9. The quantitative estimate of drug-likeness (QED) is 0.873. The molecule has 0 spiro atoms. The first kappa shape index (κ1) is 12.6. The second-order valence-corrected chi connectivity index (χ2v) is 5.22. The highest BCUT2D eigenvalue weighted by Crippen LogP contribution is 2.32. The second kappa shape index (κ2) is 5.19. The Bertz CT molecular complexity index is 360. The molecule has 1 aromatic rings. The molecule has 1 N–H and O–H groups in total. The number of aliphatic hydroxyl groups is 1. The van der Waals surface area contributed by atoms with Gasteiger partial charge in [-0.15, -0.1) is 0 Å². The predicted octanol–water partition coefficient (Wildman–Crippen LogP) is 2.14. The van der Waals surface area contributed by atoms with Gasteiger partial charge in [-0.1, -0.05) is 0 Å². The molecular formula is C13H22N2O2. The largest absolute Gasteiger partial charge is 0.447 e. The molecule has 96 valence electrons. The van der Waals surface area contributed by atoms with Crippen LogP contribution in [0.3, 0.4) is 0 Å². The molecule has 2 unspecified atom stereocenters. The maximum atomic E-state index is 9.33. The third-order valence-corrected chi connectivity index (χ3v) is 3.32. The number of hydrogen-bond donors (Lipinski definition) is 1. The smallest absolute Gasteiger partial charge is 0.211 e. The van der Waals surface area contributed by atoms with E-state index in [-0.39, 0.29) is 6.10 Å². The molecule has 2 heterocycles. The van der Waals surface area contributed by atoms with Crippen molar-refractivity contribution in [3.05, 3.63) is 17.8 Å². The summed E-state index contributed by atoms with van der Waals surface area (Å²) in [6.45, 7) is 7.30. The molecule has 1 aromatic heterocycles. The molecule has 0 bridgehead atoms. The molecule has 1 aliphatic rings. The Balaban J connectivity index is 2.08. The summed E-state index contributed by atoms with van der Waals surface area (Å²) in [4.78, 5) is 6.93. The van der Waals surface area contributed by atoms with Crippen LogP contribution in [-0.4, -0.2) is 33.7 Å². The van der Waals surface area contributed by atoms with E-state index in [1.807, 2.05) is 0 Å². The van der Waals surface area contributed by atoms with Crippen LogP contribution >= 0.6 is 0 Å². The van der Waals surface area contributed by atoms with Crippen LogP contribution < -0.4 is 0 Å². The highest BCUT2D eigenvalue weighted by molar-refractivity contribution is 5.03. The van der Waals surface area contributed by atoms with Gasteiger partial charge < -0.3 is 9.52 Å². The fourth-order valence-corrected chi connectivity index (χ4v) is 2.54. The van der Waals surface area contributed by atoms with Crippen LogP contribution in [0.5, 0.6) is 0 Å². The average Bonchev–Trinajstić information content (AvgIpc) is 2.82. The molecule has 1 saturated heterocycles. The fourth-order valence-electron chi connectivity index (χ4n) is 2.54. The van der Waals surface area contributed by atoms with Gasteiger partial charge in [0, 0.05) is 12.5 Å². The minimum atomic E-state index is -0.363. The summed E-state index contributed by atoms with van der Waals surface area (Å²) in [6, 6.07) is 0.840. The molecule has 0 radical (unpaired) electrons. The third-order valence-electron chi connectivity index (χ3n) is 3.32. The van der Waals surface area contributed by atoms with Gasteiger partial charge in [0.15, 0.2) is 0 Å². The molecule has 1 fully saturated rings. The van der Waals surface area contributed by atoms with Gasteiger partial charge in [-0.3, -0.25) is 4.90 Å². The normalized spacial score (nSPS) is 23.5. The van der Waals surface area contributed by atoms with E-state index in [0.717, 1.165) is 24.6 Å². The molecule has 4 heteroatoms. The molecule has 17 heavy (non-hydrogen) atoms. The molecular weight excluding hydrogens is 216 g/mol. The number of oxazole rings is 1. The Hall–Kier alpha value is -0.870. The van der Waals surface area contributed by atoms with Crippen LogP contribution in [0.25, 0.3) is 0 Å². The number of aromatic nitrogens is 1. The van der Waals surface area contributed by atoms with Gasteiger partial charge in [-0.25, -0.2) is 4.98 Å². The minimum Gasteiger partial charge on any atom is -0.447 e. The van der Waals surface area contributed by atoms with Gasteiger partial charge in [-0.2, -0.15) is 0 Å². The highest BCUT2D eigenvalue weighted by atomic mass is 16.3. The Morgan fingerprint density at radius 3 is 2.94 bits per heavy atom. The van der Waals surface area contributed by atoms with E-state index >= 15 is 0 Å². The van der Waals surface area contributed by atoms with E-state index in [4.69, 9.17) is 4.42 Å². The molecule has 0 saturated carbocycles. The molecule has 4 nitrogen and oxygen atoms in total. The Labute approximate surface area is 103 Å². The maximum Gasteiger partial charge on any atom is 0.211 e. The lowest BCUT2D eigenvalue weighted by Crippen LogP contribution is -2.30. The van der Waals surface area contributed by atoms with Crippen LogP contribution in [0.2, 0.25) is 0 Å². The molecule has 2 rings (SSSR count). The van der Waals surface area contributed by atoms with Crippen molar-refractivity contribution in [1.82, 2.24) is 9.88 Å². The van der Waals surface area contributed by atoms with Crippen molar-refractivity contribution in [2.75, 3.05) is 6.54 Å². The second-order valence-electron chi connectivity index (χ2n) is 5.22.